The molecule has 0 aromatic rings. The number of methoxy groups -OCH3 is 1. The van der Waals surface area contributed by atoms with Crippen LogP contribution in [-0.2, 0) is 14.2 Å². The summed E-state index contributed by atoms with van der Waals surface area (Å²) in [6, 6.07) is 0. The van der Waals surface area contributed by atoms with E-state index in [4.69, 9.17) is 14.2 Å². The molecule has 3 N–H and O–H groups in total. The first-order valence-corrected chi connectivity index (χ1v) is 6.81. The molecule has 0 aromatic carbocycles. The lowest BCUT2D eigenvalue weighted by atomic mass is 9.91. The van der Waals surface area contributed by atoms with Crippen molar-refractivity contribution < 1.29 is 29.5 Å². The van der Waals surface area contributed by atoms with Gasteiger partial charge in [-0.05, 0) is 6.42 Å². The van der Waals surface area contributed by atoms with Gasteiger partial charge in [-0.1, -0.05) is 42.5 Å². The smallest absolute Gasteiger partial charge is 0.186 e. The molecule has 1 aliphatic heterocycles. The maximum Gasteiger partial charge on any atom is 0.186 e. The highest BCUT2D eigenvalue weighted by Gasteiger charge is 2.43. The standard InChI is InChI=1S/C13H26O6.3CH4/c1-4-5-9(15)7-18-12-11(16)8(2)10(6-14)19-13(12)17-3;;;/h8-16H,4-7H2,1-3H3;3*1H4/t8-,9?,10?,11+,12?,13-;;;/m0.../s1. The molecular weight excluding hydrogens is 288 g/mol. The molecule has 1 heterocycles. The maximum atomic E-state index is 10.2. The number of hydrogen-bond acceptors (Lipinski definition) is 6. The minimum absolute atomic E-state index is 0. The second-order valence-electron chi connectivity index (χ2n) is 5.05. The van der Waals surface area contributed by atoms with E-state index in [2.05, 4.69) is 0 Å². The molecule has 0 aromatic heterocycles. The molecular formula is C16H38O6. The second-order valence-corrected chi connectivity index (χ2v) is 5.05. The van der Waals surface area contributed by atoms with Gasteiger partial charge >= 0.3 is 0 Å². The van der Waals surface area contributed by atoms with Crippen molar-refractivity contribution in [3.63, 3.8) is 0 Å². The molecule has 138 valence electrons. The largest absolute Gasteiger partial charge is 0.394 e. The molecule has 0 spiro atoms. The molecule has 1 saturated heterocycles. The van der Waals surface area contributed by atoms with E-state index in [1.165, 1.54) is 7.11 Å². The van der Waals surface area contributed by atoms with Crippen molar-refractivity contribution in [1.82, 2.24) is 0 Å². The van der Waals surface area contributed by atoms with Crippen molar-refractivity contribution in [3.05, 3.63) is 0 Å². The molecule has 1 rings (SSSR count). The van der Waals surface area contributed by atoms with Crippen molar-refractivity contribution in [3.8, 4) is 0 Å². The maximum absolute atomic E-state index is 10.2. The summed E-state index contributed by atoms with van der Waals surface area (Å²) in [4.78, 5) is 0. The van der Waals surface area contributed by atoms with Crippen LogP contribution in [-0.4, -0.2) is 66.3 Å². The molecule has 0 amide bonds. The number of hydrogen-bond donors (Lipinski definition) is 3. The van der Waals surface area contributed by atoms with Gasteiger partial charge in [0, 0.05) is 13.0 Å². The molecule has 0 radical (unpaired) electrons. The van der Waals surface area contributed by atoms with Gasteiger partial charge in [-0.3, -0.25) is 0 Å². The molecule has 1 aliphatic rings. The van der Waals surface area contributed by atoms with Gasteiger partial charge < -0.3 is 29.5 Å². The van der Waals surface area contributed by atoms with Crippen molar-refractivity contribution in [2.24, 2.45) is 5.92 Å². The Morgan fingerprint density at radius 3 is 2.27 bits per heavy atom. The van der Waals surface area contributed by atoms with E-state index in [1.54, 1.807) is 6.92 Å². The fourth-order valence-electron chi connectivity index (χ4n) is 2.27. The van der Waals surface area contributed by atoms with Gasteiger partial charge in [0.25, 0.3) is 0 Å². The predicted octanol–water partition coefficient (Wildman–Crippen LogP) is 1.80. The van der Waals surface area contributed by atoms with Crippen molar-refractivity contribution in [2.45, 2.75) is 79.7 Å². The van der Waals surface area contributed by atoms with Crippen molar-refractivity contribution in [1.29, 1.82) is 0 Å². The molecule has 6 heteroatoms. The molecule has 1 fully saturated rings. The third kappa shape index (κ3) is 6.89. The van der Waals surface area contributed by atoms with Crippen LogP contribution in [0.1, 0.15) is 49.0 Å². The summed E-state index contributed by atoms with van der Waals surface area (Å²) in [7, 11) is 1.46. The summed E-state index contributed by atoms with van der Waals surface area (Å²) in [5, 5.41) is 29.1. The third-order valence-corrected chi connectivity index (χ3v) is 3.55. The van der Waals surface area contributed by atoms with Crippen LogP contribution in [0.4, 0.5) is 0 Å². The van der Waals surface area contributed by atoms with Crippen LogP contribution >= 0.6 is 0 Å². The van der Waals surface area contributed by atoms with E-state index in [9.17, 15) is 15.3 Å². The van der Waals surface area contributed by atoms with Crippen molar-refractivity contribution >= 4 is 0 Å². The number of rotatable bonds is 7. The quantitative estimate of drug-likeness (QED) is 0.661. The molecule has 6 nitrogen and oxygen atoms in total. The van der Waals surface area contributed by atoms with E-state index >= 15 is 0 Å². The number of ether oxygens (including phenoxy) is 3. The van der Waals surface area contributed by atoms with Gasteiger partial charge in [-0.15, -0.1) is 0 Å². The number of aliphatic hydroxyl groups excluding tert-OH is 3. The van der Waals surface area contributed by atoms with Crippen LogP contribution in [0.2, 0.25) is 0 Å². The second kappa shape index (κ2) is 13.2. The first kappa shape index (κ1) is 26.6. The average Bonchev–Trinajstić information content (AvgIpc) is 2.40. The molecule has 0 bridgehead atoms. The SMILES string of the molecule is C.C.C.CCCC(O)COC1[C@@H](OC)OC(CO)[C@H](C)[C@H]1O. The zero-order valence-electron chi connectivity index (χ0n) is 11.9. The molecule has 22 heavy (non-hydrogen) atoms. The molecule has 0 saturated carbocycles. The zero-order valence-corrected chi connectivity index (χ0v) is 11.9. The van der Waals surface area contributed by atoms with Gasteiger partial charge in [0.2, 0.25) is 0 Å². The van der Waals surface area contributed by atoms with Crippen LogP contribution in [0.3, 0.4) is 0 Å². The van der Waals surface area contributed by atoms with Crippen LogP contribution < -0.4 is 0 Å². The Kier molecular flexibility index (Phi) is 16.0. The Morgan fingerprint density at radius 1 is 1.23 bits per heavy atom. The minimum atomic E-state index is -0.801. The predicted molar refractivity (Wildman–Crippen MR) is 88.8 cm³/mol. The fraction of sp³-hybridized carbons (Fsp3) is 1.00. The highest BCUT2D eigenvalue weighted by Crippen LogP contribution is 2.28. The summed E-state index contributed by atoms with van der Waals surface area (Å²) in [6.07, 6.45) is -1.71. The summed E-state index contributed by atoms with van der Waals surface area (Å²) >= 11 is 0. The minimum Gasteiger partial charge on any atom is -0.394 e. The Hall–Kier alpha value is -0.240. The Bertz CT molecular complexity index is 249. The lowest BCUT2D eigenvalue weighted by Gasteiger charge is -2.42. The monoisotopic (exact) mass is 326 g/mol. The van der Waals surface area contributed by atoms with E-state index in [-0.39, 0.29) is 41.4 Å². The first-order valence-electron chi connectivity index (χ1n) is 6.81. The van der Waals surface area contributed by atoms with E-state index in [1.807, 2.05) is 6.92 Å². The summed E-state index contributed by atoms with van der Waals surface area (Å²) in [5.74, 6) is -0.260. The molecule has 0 aliphatic carbocycles. The van der Waals surface area contributed by atoms with E-state index in [0.717, 1.165) is 6.42 Å². The summed E-state index contributed by atoms with van der Waals surface area (Å²) < 4.78 is 16.2. The summed E-state index contributed by atoms with van der Waals surface area (Å²) in [5.41, 5.74) is 0. The van der Waals surface area contributed by atoms with Crippen LogP contribution in [0.25, 0.3) is 0 Å². The van der Waals surface area contributed by atoms with Gasteiger partial charge in [-0.25, -0.2) is 0 Å². The Labute approximate surface area is 136 Å². The van der Waals surface area contributed by atoms with E-state index < -0.39 is 30.7 Å². The summed E-state index contributed by atoms with van der Waals surface area (Å²) in [6.45, 7) is 3.72. The van der Waals surface area contributed by atoms with Crippen LogP contribution in [0, 0.1) is 5.92 Å². The third-order valence-electron chi connectivity index (χ3n) is 3.55. The van der Waals surface area contributed by atoms with Crippen molar-refractivity contribution in [2.75, 3.05) is 20.3 Å². The fourth-order valence-corrected chi connectivity index (χ4v) is 2.27. The normalized spacial score (nSPS) is 32.2. The lowest BCUT2D eigenvalue weighted by molar-refractivity contribution is -0.293. The van der Waals surface area contributed by atoms with Crippen LogP contribution in [0.15, 0.2) is 0 Å². The highest BCUT2D eigenvalue weighted by atomic mass is 16.7. The molecule has 3 unspecified atom stereocenters. The number of aliphatic hydroxyl groups is 3. The van der Waals surface area contributed by atoms with E-state index in [0.29, 0.717) is 6.42 Å². The average molecular weight is 326 g/mol. The highest BCUT2D eigenvalue weighted by molar-refractivity contribution is 4.87. The topological polar surface area (TPSA) is 88.4 Å². The van der Waals surface area contributed by atoms with Gasteiger partial charge in [0.15, 0.2) is 6.29 Å². The lowest BCUT2D eigenvalue weighted by Crippen LogP contribution is -2.56. The van der Waals surface area contributed by atoms with Gasteiger partial charge in [-0.2, -0.15) is 0 Å². The Balaban J connectivity index is -0.00000120. The van der Waals surface area contributed by atoms with Gasteiger partial charge in [0.1, 0.15) is 6.10 Å². The Morgan fingerprint density at radius 2 is 1.82 bits per heavy atom. The van der Waals surface area contributed by atoms with Gasteiger partial charge in [0.05, 0.1) is 31.5 Å². The molecule has 6 atom stereocenters. The first-order chi connectivity index (χ1) is 9.04. The zero-order chi connectivity index (χ0) is 14.4. The van der Waals surface area contributed by atoms with Crippen LogP contribution in [0.5, 0.6) is 0 Å².